The molecule has 2 aromatic carbocycles. The Morgan fingerprint density at radius 3 is 2.09 bits per heavy atom. The number of carbonyl (C=O) groups excluding carboxylic acids is 3. The van der Waals surface area contributed by atoms with E-state index >= 15 is 0 Å². The lowest BCUT2D eigenvalue weighted by atomic mass is 9.97. The molecule has 2 aliphatic heterocycles. The number of carbonyl (C=O) groups is 3. The number of nitrogens with zero attached hydrogens (tertiary/aromatic N) is 3. The van der Waals surface area contributed by atoms with Crippen molar-refractivity contribution in [3.8, 4) is 0 Å². The Balaban J connectivity index is 1.44. The fourth-order valence-corrected chi connectivity index (χ4v) is 4.38. The zero-order valence-corrected chi connectivity index (χ0v) is 18.1. The minimum atomic E-state index is -0.414. The molecule has 2 saturated heterocycles. The van der Waals surface area contributed by atoms with Crippen LogP contribution in [-0.4, -0.2) is 78.1 Å². The summed E-state index contributed by atoms with van der Waals surface area (Å²) in [6, 6.07) is 12.1. The maximum Gasteiger partial charge on any atom is 0.254 e. The van der Waals surface area contributed by atoms with E-state index in [1.807, 2.05) is 4.90 Å². The van der Waals surface area contributed by atoms with Crippen LogP contribution in [0.25, 0.3) is 0 Å². The zero-order chi connectivity index (χ0) is 22.5. The summed E-state index contributed by atoms with van der Waals surface area (Å²) in [6.07, 6.45) is 2.92. The van der Waals surface area contributed by atoms with Gasteiger partial charge >= 0.3 is 0 Å². The van der Waals surface area contributed by atoms with Crippen LogP contribution >= 0.6 is 0 Å². The van der Waals surface area contributed by atoms with Gasteiger partial charge in [-0.3, -0.25) is 19.3 Å². The maximum absolute atomic E-state index is 13.3. The Kier molecular flexibility index (Phi) is 6.95. The van der Waals surface area contributed by atoms with E-state index in [1.165, 1.54) is 24.3 Å². The number of rotatable bonds is 5. The van der Waals surface area contributed by atoms with Crippen LogP contribution in [0.1, 0.15) is 45.5 Å². The van der Waals surface area contributed by atoms with Gasteiger partial charge in [0.1, 0.15) is 5.82 Å². The predicted molar refractivity (Wildman–Crippen MR) is 119 cm³/mol. The lowest BCUT2D eigenvalue weighted by Gasteiger charge is -2.24. The predicted octanol–water partition coefficient (Wildman–Crippen LogP) is 2.83. The van der Waals surface area contributed by atoms with Crippen LogP contribution in [0.2, 0.25) is 0 Å². The smallest absolute Gasteiger partial charge is 0.254 e. The minimum absolute atomic E-state index is 0.164. The molecule has 7 heteroatoms. The molecule has 2 heterocycles. The van der Waals surface area contributed by atoms with Crippen molar-refractivity contribution in [3.63, 3.8) is 0 Å². The van der Waals surface area contributed by atoms with Crippen molar-refractivity contribution in [1.82, 2.24) is 14.7 Å². The molecular weight excluding hydrogens is 409 g/mol. The van der Waals surface area contributed by atoms with E-state index in [4.69, 9.17) is 0 Å². The van der Waals surface area contributed by atoms with E-state index in [0.717, 1.165) is 38.9 Å². The molecule has 32 heavy (non-hydrogen) atoms. The number of ketones is 1. The lowest BCUT2D eigenvalue weighted by Crippen LogP contribution is -2.41. The Morgan fingerprint density at radius 2 is 1.38 bits per heavy atom. The number of amides is 2. The van der Waals surface area contributed by atoms with Crippen LogP contribution in [0.15, 0.2) is 48.5 Å². The molecule has 0 aliphatic carbocycles. The number of benzene rings is 2. The Hall–Kier alpha value is -3.06. The third-order valence-corrected chi connectivity index (χ3v) is 6.20. The number of likely N-dealkylation sites (tertiary alicyclic amines) is 1. The largest absolute Gasteiger partial charge is 0.342 e. The summed E-state index contributed by atoms with van der Waals surface area (Å²) in [5.41, 5.74) is 1.01. The summed E-state index contributed by atoms with van der Waals surface area (Å²) in [7, 11) is 0. The standard InChI is InChI=1S/C25H28FN3O3/c26-20-10-8-19(9-11-20)24(31)21-6-1-2-7-22(21)25(32)29-15-5-12-27(16-17-29)18-23(30)28-13-3-4-14-28/h1-2,6-11H,3-5,12-18H2. The highest BCUT2D eigenvalue weighted by atomic mass is 19.1. The Bertz CT molecular complexity index is 986. The molecule has 4 rings (SSSR count). The average molecular weight is 438 g/mol. The normalized spacial score (nSPS) is 17.3. The molecule has 2 amide bonds. The van der Waals surface area contributed by atoms with Gasteiger partial charge in [-0.2, -0.15) is 0 Å². The minimum Gasteiger partial charge on any atom is -0.342 e. The van der Waals surface area contributed by atoms with Crippen LogP contribution in [0.3, 0.4) is 0 Å². The van der Waals surface area contributed by atoms with E-state index in [1.54, 1.807) is 29.2 Å². The monoisotopic (exact) mass is 437 g/mol. The molecule has 0 atom stereocenters. The third-order valence-electron chi connectivity index (χ3n) is 6.20. The molecule has 0 saturated carbocycles. The molecular formula is C25H28FN3O3. The quantitative estimate of drug-likeness (QED) is 0.675. The highest BCUT2D eigenvalue weighted by molar-refractivity contribution is 6.15. The first-order valence-corrected chi connectivity index (χ1v) is 11.2. The summed E-state index contributed by atoms with van der Waals surface area (Å²) in [5, 5.41) is 0. The van der Waals surface area contributed by atoms with E-state index in [9.17, 15) is 18.8 Å². The molecule has 168 valence electrons. The molecule has 0 aromatic heterocycles. The topological polar surface area (TPSA) is 60.9 Å². The highest BCUT2D eigenvalue weighted by Gasteiger charge is 2.26. The van der Waals surface area contributed by atoms with Gasteiger partial charge < -0.3 is 9.80 Å². The maximum atomic E-state index is 13.3. The van der Waals surface area contributed by atoms with Crippen molar-refractivity contribution in [1.29, 1.82) is 0 Å². The highest BCUT2D eigenvalue weighted by Crippen LogP contribution is 2.18. The van der Waals surface area contributed by atoms with Crippen LogP contribution < -0.4 is 0 Å². The van der Waals surface area contributed by atoms with E-state index < -0.39 is 5.82 Å². The second kappa shape index (κ2) is 10.0. The number of halogens is 1. The molecule has 2 aromatic rings. The number of hydrogen-bond acceptors (Lipinski definition) is 4. The average Bonchev–Trinajstić information content (AvgIpc) is 3.26. The Morgan fingerprint density at radius 1 is 0.719 bits per heavy atom. The van der Waals surface area contributed by atoms with Gasteiger partial charge in [0, 0.05) is 50.4 Å². The van der Waals surface area contributed by atoms with Gasteiger partial charge in [-0.25, -0.2) is 4.39 Å². The number of hydrogen-bond donors (Lipinski definition) is 0. The van der Waals surface area contributed by atoms with Gasteiger partial charge in [0.05, 0.1) is 12.1 Å². The fourth-order valence-electron chi connectivity index (χ4n) is 4.38. The molecule has 0 radical (unpaired) electrons. The lowest BCUT2D eigenvalue weighted by molar-refractivity contribution is -0.131. The molecule has 0 unspecified atom stereocenters. The van der Waals surface area contributed by atoms with Gasteiger partial charge in [0.15, 0.2) is 5.78 Å². The van der Waals surface area contributed by atoms with Gasteiger partial charge in [-0.1, -0.05) is 18.2 Å². The first-order valence-electron chi connectivity index (χ1n) is 11.2. The fraction of sp³-hybridized carbons (Fsp3) is 0.400. The zero-order valence-electron chi connectivity index (χ0n) is 18.1. The summed E-state index contributed by atoms with van der Waals surface area (Å²) in [4.78, 5) is 44.6. The van der Waals surface area contributed by atoms with E-state index in [0.29, 0.717) is 42.9 Å². The van der Waals surface area contributed by atoms with Gasteiger partial charge in [-0.05, 0) is 49.6 Å². The van der Waals surface area contributed by atoms with Crippen molar-refractivity contribution in [2.45, 2.75) is 19.3 Å². The first-order chi connectivity index (χ1) is 15.5. The van der Waals surface area contributed by atoms with Crippen LogP contribution in [-0.2, 0) is 4.79 Å². The molecule has 0 N–H and O–H groups in total. The summed E-state index contributed by atoms with van der Waals surface area (Å²) >= 11 is 0. The molecule has 2 aliphatic rings. The van der Waals surface area contributed by atoms with E-state index in [2.05, 4.69) is 4.90 Å². The summed E-state index contributed by atoms with van der Waals surface area (Å²) in [5.74, 6) is -0.744. The second-order valence-corrected chi connectivity index (χ2v) is 8.39. The van der Waals surface area contributed by atoms with Crippen molar-refractivity contribution in [2.75, 3.05) is 45.8 Å². The molecule has 0 spiro atoms. The van der Waals surface area contributed by atoms with Gasteiger partial charge in [0.25, 0.3) is 5.91 Å². The van der Waals surface area contributed by atoms with Crippen molar-refractivity contribution >= 4 is 17.6 Å². The first kappa shape index (κ1) is 22.1. The summed E-state index contributed by atoms with van der Waals surface area (Å²) < 4.78 is 13.2. The third kappa shape index (κ3) is 5.05. The van der Waals surface area contributed by atoms with Crippen molar-refractivity contribution in [2.24, 2.45) is 0 Å². The second-order valence-electron chi connectivity index (χ2n) is 8.39. The SMILES string of the molecule is O=C(c1ccc(F)cc1)c1ccccc1C(=O)N1CCCN(CC(=O)N2CCCC2)CC1. The molecule has 2 fully saturated rings. The van der Waals surface area contributed by atoms with Crippen LogP contribution in [0, 0.1) is 5.82 Å². The van der Waals surface area contributed by atoms with Crippen LogP contribution in [0.5, 0.6) is 0 Å². The van der Waals surface area contributed by atoms with Crippen molar-refractivity contribution < 1.29 is 18.8 Å². The van der Waals surface area contributed by atoms with Crippen molar-refractivity contribution in [3.05, 3.63) is 71.0 Å². The Labute approximate surface area is 187 Å². The van der Waals surface area contributed by atoms with E-state index in [-0.39, 0.29) is 17.6 Å². The summed E-state index contributed by atoms with van der Waals surface area (Å²) in [6.45, 7) is 4.55. The van der Waals surface area contributed by atoms with Crippen LogP contribution in [0.4, 0.5) is 4.39 Å². The van der Waals surface area contributed by atoms with Gasteiger partial charge in [-0.15, -0.1) is 0 Å². The molecule has 6 nitrogen and oxygen atoms in total. The van der Waals surface area contributed by atoms with Gasteiger partial charge in [0.2, 0.25) is 5.91 Å². The molecule has 0 bridgehead atoms.